The predicted molar refractivity (Wildman–Crippen MR) is 141 cm³/mol. The number of nitrogens with zero attached hydrogens (tertiary/aromatic N) is 4. The van der Waals surface area contributed by atoms with Crippen molar-refractivity contribution in [2.24, 2.45) is 0 Å². The van der Waals surface area contributed by atoms with E-state index in [1.807, 2.05) is 47.2 Å². The zero-order valence-electron chi connectivity index (χ0n) is 21.1. The molecule has 4 aromatic rings. The van der Waals surface area contributed by atoms with Gasteiger partial charge in [0.2, 0.25) is 0 Å². The molecule has 4 heterocycles. The Morgan fingerprint density at radius 1 is 1.16 bits per heavy atom. The zero-order chi connectivity index (χ0) is 26.6. The van der Waals surface area contributed by atoms with E-state index in [0.717, 1.165) is 16.6 Å². The number of pyridine rings is 2. The molecule has 0 fully saturated rings. The van der Waals surface area contributed by atoms with E-state index in [0.29, 0.717) is 30.0 Å². The van der Waals surface area contributed by atoms with Crippen molar-refractivity contribution in [3.63, 3.8) is 0 Å². The number of carbonyl (C=O) groups excluding carboxylic acids is 2. The van der Waals surface area contributed by atoms with Crippen LogP contribution < -0.4 is 4.74 Å². The second kappa shape index (κ2) is 10.8. The standard InChI is InChI=1S/C29H27FN4O4/c1-3-38-27(35)17-24(21-8-11-26(37-2)23(30)16-21)34-14-13-33-18-19(15-25(33)29(34)36)6-9-22-10-7-20-5-4-12-31-28(20)32-22/h4-12,15-16,18,24H,3,13-14,17H2,1-2H3/b9-6+/t24-/m0/s1. The maximum absolute atomic E-state index is 14.5. The van der Waals surface area contributed by atoms with Crippen LogP contribution in [0, 0.1) is 5.82 Å². The average Bonchev–Trinajstić information content (AvgIpc) is 3.35. The molecule has 1 amide bonds. The van der Waals surface area contributed by atoms with Gasteiger partial charge in [0.25, 0.3) is 5.91 Å². The van der Waals surface area contributed by atoms with E-state index >= 15 is 0 Å². The van der Waals surface area contributed by atoms with Crippen LogP contribution in [0.5, 0.6) is 5.75 Å². The number of fused-ring (bicyclic) bond motifs is 2. The first-order chi connectivity index (χ1) is 18.5. The lowest BCUT2D eigenvalue weighted by Gasteiger charge is -2.35. The van der Waals surface area contributed by atoms with E-state index in [1.165, 1.54) is 19.2 Å². The van der Waals surface area contributed by atoms with Crippen LogP contribution in [0.4, 0.5) is 4.39 Å². The van der Waals surface area contributed by atoms with E-state index in [2.05, 4.69) is 9.97 Å². The number of methoxy groups -OCH3 is 1. The van der Waals surface area contributed by atoms with Crippen LogP contribution in [0.1, 0.15) is 46.7 Å². The Morgan fingerprint density at radius 2 is 2.03 bits per heavy atom. The molecule has 3 aromatic heterocycles. The minimum Gasteiger partial charge on any atom is -0.494 e. The van der Waals surface area contributed by atoms with Gasteiger partial charge in [-0.05, 0) is 66.6 Å². The Balaban J connectivity index is 1.40. The smallest absolute Gasteiger partial charge is 0.308 e. The summed E-state index contributed by atoms with van der Waals surface area (Å²) in [6.07, 6.45) is 7.31. The number of halogens is 1. The third kappa shape index (κ3) is 5.13. The molecule has 5 rings (SSSR count). The molecule has 0 unspecified atom stereocenters. The third-order valence-electron chi connectivity index (χ3n) is 6.51. The Morgan fingerprint density at radius 3 is 2.82 bits per heavy atom. The maximum Gasteiger partial charge on any atom is 0.308 e. The minimum absolute atomic E-state index is 0.0829. The lowest BCUT2D eigenvalue weighted by Crippen LogP contribution is -2.43. The predicted octanol–water partition coefficient (Wildman–Crippen LogP) is 4.90. The summed E-state index contributed by atoms with van der Waals surface area (Å²) in [5.41, 5.74) is 3.26. The van der Waals surface area contributed by atoms with Crippen LogP contribution >= 0.6 is 0 Å². The molecule has 1 aliphatic heterocycles. The van der Waals surface area contributed by atoms with E-state index in [-0.39, 0.29) is 24.7 Å². The molecule has 0 radical (unpaired) electrons. The van der Waals surface area contributed by atoms with Crippen molar-refractivity contribution >= 4 is 35.1 Å². The topological polar surface area (TPSA) is 86.6 Å². The summed E-state index contributed by atoms with van der Waals surface area (Å²) in [5, 5.41) is 0.962. The number of benzene rings is 1. The van der Waals surface area contributed by atoms with Gasteiger partial charge in [0.1, 0.15) is 5.69 Å². The highest BCUT2D eigenvalue weighted by Gasteiger charge is 2.33. The highest BCUT2D eigenvalue weighted by molar-refractivity contribution is 5.95. The number of amides is 1. The molecule has 194 valence electrons. The summed E-state index contributed by atoms with van der Waals surface area (Å²) < 4.78 is 26.6. The molecule has 9 heteroatoms. The number of ether oxygens (including phenoxy) is 2. The quantitative estimate of drug-likeness (QED) is 0.311. The number of esters is 1. The van der Waals surface area contributed by atoms with Crippen LogP contribution in [0.15, 0.2) is 60.9 Å². The van der Waals surface area contributed by atoms with Gasteiger partial charge in [0.05, 0.1) is 31.9 Å². The molecule has 1 aliphatic rings. The SMILES string of the molecule is CCOC(=O)C[C@@H](c1ccc(OC)c(F)c1)N1CCn2cc(/C=C/c3ccc4cccnc4n3)cc2C1=O. The molecule has 0 bridgehead atoms. The maximum atomic E-state index is 14.5. The largest absolute Gasteiger partial charge is 0.494 e. The van der Waals surface area contributed by atoms with Crippen molar-refractivity contribution in [2.75, 3.05) is 20.3 Å². The average molecular weight is 515 g/mol. The van der Waals surface area contributed by atoms with Crippen LogP contribution in [-0.4, -0.2) is 51.6 Å². The highest BCUT2D eigenvalue weighted by atomic mass is 19.1. The molecular formula is C29H27FN4O4. The highest BCUT2D eigenvalue weighted by Crippen LogP contribution is 2.32. The number of hydrogen-bond acceptors (Lipinski definition) is 6. The van der Waals surface area contributed by atoms with Gasteiger partial charge in [0.15, 0.2) is 17.2 Å². The summed E-state index contributed by atoms with van der Waals surface area (Å²) in [5.74, 6) is -1.16. The normalized spacial score (nSPS) is 14.1. The molecule has 0 saturated carbocycles. The fourth-order valence-electron chi connectivity index (χ4n) is 4.67. The van der Waals surface area contributed by atoms with E-state index < -0.39 is 17.8 Å². The van der Waals surface area contributed by atoms with E-state index in [1.54, 1.807) is 30.2 Å². The van der Waals surface area contributed by atoms with Crippen molar-refractivity contribution in [1.82, 2.24) is 19.4 Å². The second-order valence-electron chi connectivity index (χ2n) is 8.89. The summed E-state index contributed by atoms with van der Waals surface area (Å²) in [7, 11) is 1.38. The monoisotopic (exact) mass is 514 g/mol. The van der Waals surface area contributed by atoms with Crippen LogP contribution in [-0.2, 0) is 16.1 Å². The van der Waals surface area contributed by atoms with Gasteiger partial charge in [-0.25, -0.2) is 14.4 Å². The number of hydrogen-bond donors (Lipinski definition) is 0. The number of aromatic nitrogens is 3. The number of rotatable bonds is 8. The first kappa shape index (κ1) is 25.1. The fourth-order valence-corrected chi connectivity index (χ4v) is 4.67. The van der Waals surface area contributed by atoms with Crippen LogP contribution in [0.3, 0.4) is 0 Å². The number of carbonyl (C=O) groups is 2. The van der Waals surface area contributed by atoms with Gasteiger partial charge in [0, 0.05) is 30.9 Å². The fraction of sp³-hybridized carbons (Fsp3) is 0.241. The molecule has 0 N–H and O–H groups in total. The zero-order valence-corrected chi connectivity index (χ0v) is 21.1. The van der Waals surface area contributed by atoms with Crippen molar-refractivity contribution in [1.29, 1.82) is 0 Å². The first-order valence-electron chi connectivity index (χ1n) is 12.4. The summed E-state index contributed by atoms with van der Waals surface area (Å²) in [6, 6.07) is 13.3. The van der Waals surface area contributed by atoms with Crippen molar-refractivity contribution in [3.8, 4) is 5.75 Å². The summed E-state index contributed by atoms with van der Waals surface area (Å²) in [6.45, 7) is 2.83. The molecular weight excluding hydrogens is 487 g/mol. The second-order valence-corrected chi connectivity index (χ2v) is 8.89. The van der Waals surface area contributed by atoms with Gasteiger partial charge in [-0.3, -0.25) is 9.59 Å². The molecule has 8 nitrogen and oxygen atoms in total. The minimum atomic E-state index is -0.682. The van der Waals surface area contributed by atoms with Crippen molar-refractivity contribution < 1.29 is 23.5 Å². The molecule has 1 atom stereocenters. The van der Waals surface area contributed by atoms with E-state index in [4.69, 9.17) is 9.47 Å². The van der Waals surface area contributed by atoms with Crippen molar-refractivity contribution in [2.45, 2.75) is 25.9 Å². The lowest BCUT2D eigenvalue weighted by atomic mass is 10.00. The third-order valence-corrected chi connectivity index (χ3v) is 6.51. The Hall–Kier alpha value is -4.53. The van der Waals surface area contributed by atoms with Gasteiger partial charge < -0.3 is 18.9 Å². The van der Waals surface area contributed by atoms with Crippen molar-refractivity contribution in [3.05, 3.63) is 89.3 Å². The molecule has 0 aliphatic carbocycles. The molecule has 38 heavy (non-hydrogen) atoms. The first-order valence-corrected chi connectivity index (χ1v) is 12.4. The van der Waals surface area contributed by atoms with Gasteiger partial charge >= 0.3 is 5.97 Å². The molecule has 0 spiro atoms. The lowest BCUT2D eigenvalue weighted by molar-refractivity contribution is -0.144. The van der Waals surface area contributed by atoms with Crippen LogP contribution in [0.25, 0.3) is 23.2 Å². The molecule has 0 saturated heterocycles. The summed E-state index contributed by atoms with van der Waals surface area (Å²) >= 11 is 0. The van der Waals surface area contributed by atoms with E-state index in [9.17, 15) is 14.0 Å². The van der Waals surface area contributed by atoms with Gasteiger partial charge in [-0.15, -0.1) is 0 Å². The Labute approximate surface area is 219 Å². The summed E-state index contributed by atoms with van der Waals surface area (Å²) in [4.78, 5) is 36.5. The van der Waals surface area contributed by atoms with Gasteiger partial charge in [-0.2, -0.15) is 0 Å². The Kier molecular flexibility index (Phi) is 7.17. The van der Waals surface area contributed by atoms with Crippen LogP contribution in [0.2, 0.25) is 0 Å². The molecule has 1 aromatic carbocycles. The van der Waals surface area contributed by atoms with Gasteiger partial charge in [-0.1, -0.05) is 12.1 Å². The Bertz CT molecular complexity index is 1530.